The van der Waals surface area contributed by atoms with Gasteiger partial charge in [0.2, 0.25) is 0 Å². The van der Waals surface area contributed by atoms with Gasteiger partial charge in [-0.05, 0) is 18.1 Å². The van der Waals surface area contributed by atoms with E-state index in [4.69, 9.17) is 4.74 Å². The van der Waals surface area contributed by atoms with E-state index in [1.807, 2.05) is 44.2 Å². The molecule has 0 spiro atoms. The monoisotopic (exact) mass is 377 g/mol. The smallest absolute Gasteiger partial charge is 0.274 e. The minimum absolute atomic E-state index is 0.150. The Hall–Kier alpha value is -3.15. The number of para-hydroxylation sites is 1. The van der Waals surface area contributed by atoms with E-state index in [-0.39, 0.29) is 29.1 Å². The van der Waals surface area contributed by atoms with Gasteiger partial charge in [0, 0.05) is 23.9 Å². The van der Waals surface area contributed by atoms with Crippen LogP contribution < -0.4 is 15.6 Å². The van der Waals surface area contributed by atoms with E-state index in [9.17, 15) is 9.59 Å². The molecule has 1 aliphatic heterocycles. The molecule has 3 aromatic rings. The summed E-state index contributed by atoms with van der Waals surface area (Å²) in [5, 5.41) is 8.59. The maximum absolute atomic E-state index is 13.2. The highest BCUT2D eigenvalue weighted by atomic mass is 16.5. The van der Waals surface area contributed by atoms with Crippen LogP contribution in [0.25, 0.3) is 10.8 Å². The summed E-state index contributed by atoms with van der Waals surface area (Å²) in [4.78, 5) is 25.9. The van der Waals surface area contributed by atoms with Crippen LogP contribution in [0.4, 0.5) is 0 Å². The first-order valence-electron chi connectivity index (χ1n) is 9.57. The number of amides is 1. The third-order valence-corrected chi connectivity index (χ3v) is 4.88. The molecule has 6 heteroatoms. The molecule has 1 N–H and O–H groups in total. The fraction of sp³-hybridized carbons (Fsp3) is 0.318. The van der Waals surface area contributed by atoms with Gasteiger partial charge in [-0.15, -0.1) is 0 Å². The molecule has 0 bridgehead atoms. The van der Waals surface area contributed by atoms with Crippen molar-refractivity contribution in [1.29, 1.82) is 0 Å². The zero-order valence-electron chi connectivity index (χ0n) is 16.0. The molecule has 0 radical (unpaired) electrons. The first-order valence-corrected chi connectivity index (χ1v) is 9.57. The minimum atomic E-state index is -0.282. The molecule has 2 heterocycles. The van der Waals surface area contributed by atoms with Gasteiger partial charge in [-0.3, -0.25) is 9.59 Å². The number of fused-ring (bicyclic) bond motifs is 2. The van der Waals surface area contributed by atoms with Crippen molar-refractivity contribution >= 4 is 16.7 Å². The summed E-state index contributed by atoms with van der Waals surface area (Å²) >= 11 is 0. The Balaban J connectivity index is 1.74. The maximum atomic E-state index is 13.2. The maximum Gasteiger partial charge on any atom is 0.274 e. The molecule has 28 heavy (non-hydrogen) atoms. The second-order valence-corrected chi connectivity index (χ2v) is 7.48. The van der Waals surface area contributed by atoms with Crippen LogP contribution in [0.15, 0.2) is 53.3 Å². The molecule has 0 unspecified atom stereocenters. The van der Waals surface area contributed by atoms with Crippen LogP contribution in [0.1, 0.15) is 42.4 Å². The highest BCUT2D eigenvalue weighted by molar-refractivity contribution is 6.04. The van der Waals surface area contributed by atoms with Gasteiger partial charge in [0.15, 0.2) is 5.69 Å². The number of nitrogens with zero attached hydrogens (tertiary/aromatic N) is 2. The summed E-state index contributed by atoms with van der Waals surface area (Å²) in [5.41, 5.74) is 1.07. The highest BCUT2D eigenvalue weighted by Crippen LogP contribution is 2.31. The predicted molar refractivity (Wildman–Crippen MR) is 108 cm³/mol. The number of hydrogen-bond donors (Lipinski definition) is 1. The molecule has 4 rings (SSSR count). The van der Waals surface area contributed by atoms with Crippen molar-refractivity contribution in [3.63, 3.8) is 0 Å². The van der Waals surface area contributed by atoms with Gasteiger partial charge in [0.1, 0.15) is 5.75 Å². The summed E-state index contributed by atoms with van der Waals surface area (Å²) in [5.74, 6) is 0.752. The van der Waals surface area contributed by atoms with Crippen LogP contribution in [0.5, 0.6) is 5.75 Å². The first-order chi connectivity index (χ1) is 13.5. The van der Waals surface area contributed by atoms with Crippen LogP contribution in [0.2, 0.25) is 0 Å². The Morgan fingerprint density at radius 3 is 2.68 bits per heavy atom. The fourth-order valence-electron chi connectivity index (χ4n) is 3.59. The lowest BCUT2D eigenvalue weighted by Crippen LogP contribution is -2.35. The molecule has 0 saturated heterocycles. The molecule has 144 valence electrons. The van der Waals surface area contributed by atoms with Crippen LogP contribution in [0.3, 0.4) is 0 Å². The van der Waals surface area contributed by atoms with Crippen molar-refractivity contribution in [2.24, 2.45) is 5.92 Å². The molecule has 0 fully saturated rings. The third kappa shape index (κ3) is 3.38. The number of rotatable bonds is 4. The molecule has 2 aromatic carbocycles. The highest BCUT2D eigenvalue weighted by Gasteiger charge is 2.25. The summed E-state index contributed by atoms with van der Waals surface area (Å²) in [6.45, 7) is 5.04. The Morgan fingerprint density at radius 1 is 1.18 bits per heavy atom. The number of carbonyl (C=O) groups is 1. The van der Waals surface area contributed by atoms with Crippen molar-refractivity contribution in [2.45, 2.75) is 32.9 Å². The van der Waals surface area contributed by atoms with E-state index >= 15 is 0 Å². The first kappa shape index (κ1) is 18.2. The quantitative estimate of drug-likeness (QED) is 0.757. The van der Waals surface area contributed by atoms with E-state index in [0.29, 0.717) is 30.3 Å². The number of carbonyl (C=O) groups excluding carboxylic acids is 1. The Morgan fingerprint density at radius 2 is 1.89 bits per heavy atom. The normalized spacial score (nSPS) is 15.9. The van der Waals surface area contributed by atoms with Crippen molar-refractivity contribution in [1.82, 2.24) is 15.1 Å². The van der Waals surface area contributed by atoms with Crippen molar-refractivity contribution < 1.29 is 9.53 Å². The third-order valence-electron chi connectivity index (χ3n) is 4.88. The molecular weight excluding hydrogens is 354 g/mol. The predicted octanol–water partition coefficient (Wildman–Crippen LogP) is 3.31. The van der Waals surface area contributed by atoms with Crippen LogP contribution in [0, 0.1) is 5.92 Å². The molecular formula is C22H23N3O3. The molecule has 1 aliphatic rings. The van der Waals surface area contributed by atoms with Gasteiger partial charge in [-0.25, -0.2) is 4.68 Å². The lowest BCUT2D eigenvalue weighted by molar-refractivity contribution is 0.0919. The largest absolute Gasteiger partial charge is 0.493 e. The van der Waals surface area contributed by atoms with Gasteiger partial charge in [0.25, 0.3) is 11.5 Å². The van der Waals surface area contributed by atoms with Gasteiger partial charge in [0.05, 0.1) is 18.0 Å². The summed E-state index contributed by atoms with van der Waals surface area (Å²) in [6, 6.07) is 14.7. The average molecular weight is 377 g/mol. The molecule has 0 saturated carbocycles. The number of benzene rings is 2. The van der Waals surface area contributed by atoms with Gasteiger partial charge in [-0.1, -0.05) is 50.2 Å². The van der Waals surface area contributed by atoms with Crippen molar-refractivity contribution in [3.05, 3.63) is 70.1 Å². The zero-order chi connectivity index (χ0) is 19.7. The van der Waals surface area contributed by atoms with E-state index in [2.05, 4.69) is 10.4 Å². The summed E-state index contributed by atoms with van der Waals surface area (Å²) in [6.07, 6.45) is 0.687. The van der Waals surface area contributed by atoms with Crippen LogP contribution in [-0.2, 0) is 6.54 Å². The van der Waals surface area contributed by atoms with Crippen LogP contribution in [-0.4, -0.2) is 22.3 Å². The lowest BCUT2D eigenvalue weighted by Gasteiger charge is -2.26. The standard InChI is InChI=1S/C22H23N3O3/c1-14(2)13-25-22(27)16-8-4-3-7-15(16)20(24-25)21(26)23-18-11-12-28-19-10-6-5-9-17(18)19/h3-10,14,18H,11-13H2,1-2H3,(H,23,26)/t18-/m1/s1. The zero-order valence-corrected chi connectivity index (χ0v) is 16.0. The Bertz CT molecular complexity index is 1090. The second kappa shape index (κ2) is 7.46. The fourth-order valence-corrected chi connectivity index (χ4v) is 3.59. The van der Waals surface area contributed by atoms with Crippen molar-refractivity contribution in [2.75, 3.05) is 6.61 Å². The van der Waals surface area contributed by atoms with E-state index in [1.165, 1.54) is 4.68 Å². The second-order valence-electron chi connectivity index (χ2n) is 7.48. The average Bonchev–Trinajstić information content (AvgIpc) is 2.70. The Labute approximate surface area is 163 Å². The number of aromatic nitrogens is 2. The minimum Gasteiger partial charge on any atom is -0.493 e. The van der Waals surface area contributed by atoms with Crippen LogP contribution >= 0.6 is 0 Å². The van der Waals surface area contributed by atoms with Gasteiger partial charge in [-0.2, -0.15) is 5.10 Å². The van der Waals surface area contributed by atoms with Crippen molar-refractivity contribution in [3.8, 4) is 5.75 Å². The molecule has 1 amide bonds. The molecule has 6 nitrogen and oxygen atoms in total. The molecule has 0 aliphatic carbocycles. The summed E-state index contributed by atoms with van der Waals surface area (Å²) < 4.78 is 7.08. The van der Waals surface area contributed by atoms with E-state index in [1.54, 1.807) is 18.2 Å². The topological polar surface area (TPSA) is 73.2 Å². The SMILES string of the molecule is CC(C)Cn1nc(C(=O)N[C@@H]2CCOc3ccccc32)c2ccccc2c1=O. The Kier molecular flexibility index (Phi) is 4.86. The lowest BCUT2D eigenvalue weighted by atomic mass is 10.00. The molecule has 1 atom stereocenters. The molecule has 1 aromatic heterocycles. The number of hydrogen-bond acceptors (Lipinski definition) is 4. The summed E-state index contributed by atoms with van der Waals surface area (Å²) in [7, 11) is 0. The van der Waals surface area contributed by atoms with Gasteiger partial charge < -0.3 is 10.1 Å². The van der Waals surface area contributed by atoms with E-state index < -0.39 is 0 Å². The van der Waals surface area contributed by atoms with E-state index in [0.717, 1.165) is 11.3 Å². The van der Waals surface area contributed by atoms with Gasteiger partial charge >= 0.3 is 0 Å². The number of nitrogens with one attached hydrogen (secondary N) is 1. The number of ether oxygens (including phenoxy) is 1.